The van der Waals surface area contributed by atoms with Crippen molar-refractivity contribution in [2.45, 2.75) is 44.3 Å². The van der Waals surface area contributed by atoms with Crippen molar-refractivity contribution in [3.8, 4) is 0 Å². The van der Waals surface area contributed by atoms with Crippen LogP contribution >= 0.6 is 0 Å². The van der Waals surface area contributed by atoms with E-state index in [1.807, 2.05) is 23.9 Å². The Bertz CT molecular complexity index is 793. The third-order valence-corrected chi connectivity index (χ3v) is 6.67. The Hall–Kier alpha value is -2.14. The van der Waals surface area contributed by atoms with Crippen molar-refractivity contribution in [2.24, 2.45) is 5.92 Å². The monoisotopic (exact) mass is 350 g/mol. The number of fused-ring (bicyclic) bond motifs is 2. The highest BCUT2D eigenvalue weighted by molar-refractivity contribution is 5.93. The first-order valence-electron chi connectivity index (χ1n) is 9.89. The second-order valence-corrected chi connectivity index (χ2v) is 7.89. The topological polar surface area (TPSA) is 41.4 Å². The second kappa shape index (κ2) is 6.23. The lowest BCUT2D eigenvalue weighted by Gasteiger charge is -2.51. The molecule has 0 saturated carbocycles. The minimum Gasteiger partial charge on any atom is -0.332 e. The summed E-state index contributed by atoms with van der Waals surface area (Å²) < 4.78 is 1.84. The quantitative estimate of drug-likeness (QED) is 0.854. The third kappa shape index (κ3) is 2.41. The van der Waals surface area contributed by atoms with Gasteiger partial charge in [-0.1, -0.05) is 30.3 Å². The average molecular weight is 350 g/mol. The molecule has 2 aromatic rings. The molecule has 5 heterocycles. The predicted octanol–water partition coefficient (Wildman–Crippen LogP) is 2.61. The average Bonchev–Trinajstić information content (AvgIpc) is 3.35. The fourth-order valence-corrected chi connectivity index (χ4v) is 5.45. The molecule has 0 N–H and O–H groups in total. The van der Waals surface area contributed by atoms with E-state index in [-0.39, 0.29) is 5.91 Å². The largest absolute Gasteiger partial charge is 0.332 e. The maximum absolute atomic E-state index is 13.3. The van der Waals surface area contributed by atoms with Gasteiger partial charge < -0.3 is 4.90 Å². The summed E-state index contributed by atoms with van der Waals surface area (Å²) in [6.45, 7) is 6.02. The number of benzene rings is 1. The molecular weight excluding hydrogens is 324 g/mol. The van der Waals surface area contributed by atoms with Crippen LogP contribution in [-0.4, -0.2) is 57.2 Å². The zero-order valence-electron chi connectivity index (χ0n) is 15.3. The standard InChI is InChI=1S/C21H26N4O/c1-2-24-13-10-18(22-24)21(26)25-14-17(15-6-4-3-5-7-15)20-19(25)16-8-11-23(20)12-9-16/h3-7,10,13,16-17,19-20H,2,8-9,11-12,14H2,1H3/t17-,19-,20-/m1/s1. The molecule has 1 aromatic carbocycles. The predicted molar refractivity (Wildman–Crippen MR) is 100.0 cm³/mol. The second-order valence-electron chi connectivity index (χ2n) is 7.89. The van der Waals surface area contributed by atoms with Crippen LogP contribution < -0.4 is 0 Å². The number of hydrogen-bond donors (Lipinski definition) is 0. The van der Waals surface area contributed by atoms with Crippen molar-refractivity contribution < 1.29 is 4.79 Å². The maximum Gasteiger partial charge on any atom is 0.274 e. The molecule has 4 aliphatic heterocycles. The molecular formula is C21H26N4O. The Morgan fingerprint density at radius 3 is 2.58 bits per heavy atom. The SMILES string of the molecule is CCn1ccc(C(=O)N2C[C@H](c3ccccc3)[C@@H]3[C@H]2C2CCN3CC2)n1. The maximum atomic E-state index is 13.3. The number of rotatable bonds is 3. The fraction of sp³-hybridized carbons (Fsp3) is 0.524. The van der Waals surface area contributed by atoms with Gasteiger partial charge in [0.2, 0.25) is 0 Å². The molecule has 0 spiro atoms. The Labute approximate surface area is 154 Å². The smallest absolute Gasteiger partial charge is 0.274 e. The zero-order valence-corrected chi connectivity index (χ0v) is 15.3. The van der Waals surface area contributed by atoms with Crippen molar-refractivity contribution >= 4 is 5.91 Å². The number of likely N-dealkylation sites (tertiary alicyclic amines) is 1. The molecule has 0 aliphatic carbocycles. The van der Waals surface area contributed by atoms with E-state index >= 15 is 0 Å². The van der Waals surface area contributed by atoms with Crippen molar-refractivity contribution in [3.05, 3.63) is 53.9 Å². The first-order chi connectivity index (χ1) is 12.8. The van der Waals surface area contributed by atoms with Crippen LogP contribution in [0.25, 0.3) is 0 Å². The van der Waals surface area contributed by atoms with Crippen molar-refractivity contribution in [1.82, 2.24) is 19.6 Å². The molecule has 4 saturated heterocycles. The molecule has 0 radical (unpaired) electrons. The molecule has 4 aliphatic rings. The first kappa shape index (κ1) is 16.1. The number of hydrogen-bond acceptors (Lipinski definition) is 3. The highest BCUT2D eigenvalue weighted by Gasteiger charge is 2.54. The molecule has 136 valence electrons. The number of amides is 1. The van der Waals surface area contributed by atoms with Crippen LogP contribution in [0.15, 0.2) is 42.6 Å². The van der Waals surface area contributed by atoms with Crippen molar-refractivity contribution in [1.29, 1.82) is 0 Å². The van der Waals surface area contributed by atoms with Crippen LogP contribution in [-0.2, 0) is 6.54 Å². The van der Waals surface area contributed by atoms with Gasteiger partial charge in [-0.25, -0.2) is 0 Å². The Balaban J connectivity index is 1.50. The number of aryl methyl sites for hydroxylation is 1. The molecule has 0 unspecified atom stereocenters. The summed E-state index contributed by atoms with van der Waals surface area (Å²) in [5.74, 6) is 1.15. The van der Waals surface area contributed by atoms with Crippen LogP contribution in [0.4, 0.5) is 0 Å². The van der Waals surface area contributed by atoms with E-state index in [9.17, 15) is 4.79 Å². The van der Waals surface area contributed by atoms with Gasteiger partial charge in [0.25, 0.3) is 5.91 Å². The lowest BCUT2D eigenvalue weighted by atomic mass is 9.75. The third-order valence-electron chi connectivity index (χ3n) is 6.67. The summed E-state index contributed by atoms with van der Waals surface area (Å²) in [6.07, 6.45) is 4.34. The minimum absolute atomic E-state index is 0.111. The molecule has 2 bridgehead atoms. The summed E-state index contributed by atoms with van der Waals surface area (Å²) in [5, 5.41) is 4.48. The first-order valence-corrected chi connectivity index (χ1v) is 9.89. The van der Waals surface area contributed by atoms with E-state index in [0.717, 1.165) is 13.1 Å². The molecule has 4 fully saturated rings. The van der Waals surface area contributed by atoms with Gasteiger partial charge in [0, 0.05) is 31.2 Å². The zero-order chi connectivity index (χ0) is 17.7. The Morgan fingerprint density at radius 2 is 1.88 bits per heavy atom. The molecule has 1 aromatic heterocycles. The fourth-order valence-electron chi connectivity index (χ4n) is 5.45. The summed E-state index contributed by atoms with van der Waals surface area (Å²) in [4.78, 5) is 18.1. The van der Waals surface area contributed by atoms with Gasteiger partial charge in [0.15, 0.2) is 0 Å². The molecule has 5 nitrogen and oxygen atoms in total. The van der Waals surface area contributed by atoms with Crippen LogP contribution in [0.5, 0.6) is 0 Å². The minimum atomic E-state index is 0.111. The van der Waals surface area contributed by atoms with Gasteiger partial charge in [-0.05, 0) is 50.4 Å². The Morgan fingerprint density at radius 1 is 1.12 bits per heavy atom. The Kier molecular flexibility index (Phi) is 3.85. The van der Waals surface area contributed by atoms with E-state index in [4.69, 9.17) is 0 Å². The van der Waals surface area contributed by atoms with Crippen LogP contribution in [0.3, 0.4) is 0 Å². The lowest BCUT2D eigenvalue weighted by Crippen LogP contribution is -2.60. The molecule has 5 heteroatoms. The number of nitrogens with zero attached hydrogens (tertiary/aromatic N) is 4. The molecule has 3 atom stereocenters. The van der Waals surface area contributed by atoms with Gasteiger partial charge in [-0.2, -0.15) is 5.10 Å². The number of carbonyl (C=O) groups excluding carboxylic acids is 1. The lowest BCUT2D eigenvalue weighted by molar-refractivity contribution is -0.00360. The highest BCUT2D eigenvalue weighted by Crippen LogP contribution is 2.46. The van der Waals surface area contributed by atoms with E-state index < -0.39 is 0 Å². The summed E-state index contributed by atoms with van der Waals surface area (Å²) in [6, 6.07) is 13.4. The number of aromatic nitrogens is 2. The van der Waals surface area contributed by atoms with E-state index in [2.05, 4.69) is 45.2 Å². The van der Waals surface area contributed by atoms with Gasteiger partial charge in [0.1, 0.15) is 5.69 Å². The number of carbonyl (C=O) groups is 1. The summed E-state index contributed by atoms with van der Waals surface area (Å²) >= 11 is 0. The summed E-state index contributed by atoms with van der Waals surface area (Å²) in [5.41, 5.74) is 1.96. The van der Waals surface area contributed by atoms with Gasteiger partial charge >= 0.3 is 0 Å². The van der Waals surface area contributed by atoms with Crippen LogP contribution in [0.2, 0.25) is 0 Å². The van der Waals surface area contributed by atoms with E-state index in [0.29, 0.717) is 29.6 Å². The molecule has 1 amide bonds. The summed E-state index contributed by atoms with van der Waals surface area (Å²) in [7, 11) is 0. The van der Waals surface area contributed by atoms with Gasteiger partial charge in [0.05, 0.1) is 6.04 Å². The van der Waals surface area contributed by atoms with Crippen LogP contribution in [0.1, 0.15) is 41.7 Å². The number of piperidine rings is 3. The van der Waals surface area contributed by atoms with Crippen molar-refractivity contribution in [3.63, 3.8) is 0 Å². The highest BCUT2D eigenvalue weighted by atomic mass is 16.2. The molecule has 6 rings (SSSR count). The molecule has 26 heavy (non-hydrogen) atoms. The van der Waals surface area contributed by atoms with E-state index in [1.54, 1.807) is 0 Å². The van der Waals surface area contributed by atoms with E-state index in [1.165, 1.54) is 31.5 Å². The van der Waals surface area contributed by atoms with Gasteiger partial charge in [-0.15, -0.1) is 0 Å². The van der Waals surface area contributed by atoms with Crippen molar-refractivity contribution in [2.75, 3.05) is 19.6 Å². The normalized spacial score (nSPS) is 32.7. The van der Waals surface area contributed by atoms with Gasteiger partial charge in [-0.3, -0.25) is 14.4 Å². The van der Waals surface area contributed by atoms with Crippen LogP contribution in [0, 0.1) is 5.92 Å².